The SMILES string of the molecule is Cc1ccc(P(F)(F)(F)F)cc1. The summed E-state index contributed by atoms with van der Waals surface area (Å²) in [6.45, 7) is 1.64. The monoisotopic (exact) mass is 198 g/mol. The second-order valence-electron chi connectivity index (χ2n) is 2.56. The number of hydrogen-bond acceptors (Lipinski definition) is 0. The summed E-state index contributed by atoms with van der Waals surface area (Å²) < 4.78 is 48.3. The molecule has 5 heteroatoms. The molecule has 1 aromatic carbocycles. The van der Waals surface area contributed by atoms with Gasteiger partial charge in [-0.1, -0.05) is 0 Å². The fraction of sp³-hybridized carbons (Fsp3) is 0.143. The summed E-state index contributed by atoms with van der Waals surface area (Å²) in [4.78, 5) is 0. The number of rotatable bonds is 1. The van der Waals surface area contributed by atoms with Crippen LogP contribution in [0.5, 0.6) is 0 Å². The molecular formula is C7H7F4P. The summed E-state index contributed by atoms with van der Waals surface area (Å²) >= 11 is 0. The van der Waals surface area contributed by atoms with Gasteiger partial charge in [0.1, 0.15) is 0 Å². The molecule has 0 saturated heterocycles. The summed E-state index contributed by atoms with van der Waals surface area (Å²) in [5.41, 5.74) is 0.680. The molecule has 0 unspecified atom stereocenters. The second-order valence-corrected chi connectivity index (χ2v) is 4.52. The third-order valence-electron chi connectivity index (χ3n) is 1.42. The zero-order valence-electron chi connectivity index (χ0n) is 6.27. The van der Waals surface area contributed by atoms with Crippen LogP contribution in [0.1, 0.15) is 5.56 Å². The Labute approximate surface area is 67.6 Å². The molecule has 0 atom stereocenters. The molecule has 0 radical (unpaired) electrons. The summed E-state index contributed by atoms with van der Waals surface area (Å²) in [6, 6.07) is 4.03. The Morgan fingerprint density at radius 1 is 0.917 bits per heavy atom. The van der Waals surface area contributed by atoms with Crippen LogP contribution in [0.2, 0.25) is 0 Å². The van der Waals surface area contributed by atoms with Crippen molar-refractivity contribution in [1.29, 1.82) is 0 Å². The van der Waals surface area contributed by atoms with Crippen LogP contribution < -0.4 is 5.30 Å². The van der Waals surface area contributed by atoms with Crippen molar-refractivity contribution in [3.63, 3.8) is 0 Å². The van der Waals surface area contributed by atoms with E-state index in [0.29, 0.717) is 5.56 Å². The van der Waals surface area contributed by atoms with Crippen molar-refractivity contribution >= 4 is 13.2 Å². The van der Waals surface area contributed by atoms with E-state index >= 15 is 0 Å². The van der Waals surface area contributed by atoms with E-state index < -0.39 is 13.2 Å². The van der Waals surface area contributed by atoms with Gasteiger partial charge in [-0.15, -0.1) is 0 Å². The maximum absolute atomic E-state index is 12.1. The minimum atomic E-state index is -7.52. The van der Waals surface area contributed by atoms with Crippen LogP contribution in [-0.4, -0.2) is 0 Å². The first kappa shape index (κ1) is 9.46. The number of halogens is 4. The maximum atomic E-state index is 12.1. The Bertz CT molecular complexity index is 275. The van der Waals surface area contributed by atoms with E-state index in [1.165, 1.54) is 12.1 Å². The van der Waals surface area contributed by atoms with E-state index in [-0.39, 0.29) is 0 Å². The van der Waals surface area contributed by atoms with Crippen LogP contribution in [-0.2, 0) is 0 Å². The van der Waals surface area contributed by atoms with Gasteiger partial charge in [0.05, 0.1) is 0 Å². The molecule has 1 aromatic rings. The van der Waals surface area contributed by atoms with Gasteiger partial charge in [0, 0.05) is 0 Å². The summed E-state index contributed by atoms with van der Waals surface area (Å²) in [7, 11) is -7.52. The molecule has 0 saturated carbocycles. The Balaban J connectivity index is 3.15. The topological polar surface area (TPSA) is 0 Å². The van der Waals surface area contributed by atoms with Gasteiger partial charge >= 0.3 is 66.7 Å². The van der Waals surface area contributed by atoms with Crippen molar-refractivity contribution < 1.29 is 16.8 Å². The van der Waals surface area contributed by atoms with Gasteiger partial charge in [-0.2, -0.15) is 0 Å². The van der Waals surface area contributed by atoms with Crippen molar-refractivity contribution in [2.75, 3.05) is 0 Å². The molecule has 0 aliphatic carbocycles. The van der Waals surface area contributed by atoms with E-state index in [1.807, 2.05) is 0 Å². The van der Waals surface area contributed by atoms with E-state index in [2.05, 4.69) is 0 Å². The number of benzene rings is 1. The van der Waals surface area contributed by atoms with Gasteiger partial charge in [-0.25, -0.2) is 0 Å². The van der Waals surface area contributed by atoms with Crippen molar-refractivity contribution in [2.45, 2.75) is 6.92 Å². The van der Waals surface area contributed by atoms with E-state index in [9.17, 15) is 16.8 Å². The molecule has 1 rings (SSSR count). The van der Waals surface area contributed by atoms with Crippen molar-refractivity contribution in [3.8, 4) is 0 Å². The first-order chi connectivity index (χ1) is 5.26. The average molecular weight is 198 g/mol. The van der Waals surface area contributed by atoms with Gasteiger partial charge in [0.15, 0.2) is 0 Å². The van der Waals surface area contributed by atoms with Gasteiger partial charge in [-0.3, -0.25) is 0 Å². The molecule has 12 heavy (non-hydrogen) atoms. The quantitative estimate of drug-likeness (QED) is 0.476. The molecule has 0 aliphatic heterocycles. The Morgan fingerprint density at radius 3 is 1.67 bits per heavy atom. The molecule has 0 nitrogen and oxygen atoms in total. The zero-order chi connectivity index (χ0) is 9.43. The van der Waals surface area contributed by atoms with Crippen LogP contribution in [0.15, 0.2) is 24.3 Å². The predicted octanol–water partition coefficient (Wildman–Crippen LogP) is 3.71. The average Bonchev–Trinajstić information content (AvgIpc) is 1.84. The van der Waals surface area contributed by atoms with E-state index in [4.69, 9.17) is 0 Å². The van der Waals surface area contributed by atoms with Gasteiger partial charge in [0.2, 0.25) is 0 Å². The van der Waals surface area contributed by atoms with Crippen LogP contribution in [0.4, 0.5) is 16.8 Å². The molecule has 0 spiro atoms. The minimum absolute atomic E-state index is 0.680. The van der Waals surface area contributed by atoms with Crippen LogP contribution in [0.3, 0.4) is 0 Å². The van der Waals surface area contributed by atoms with Gasteiger partial charge in [0.25, 0.3) is 0 Å². The van der Waals surface area contributed by atoms with E-state index in [1.54, 1.807) is 6.92 Å². The summed E-state index contributed by atoms with van der Waals surface area (Å²) in [5.74, 6) is 0. The van der Waals surface area contributed by atoms with Gasteiger partial charge in [-0.05, 0) is 0 Å². The molecule has 0 amide bonds. The molecule has 0 bridgehead atoms. The molecule has 68 valence electrons. The third kappa shape index (κ3) is 2.18. The number of hydrogen-bond donors (Lipinski definition) is 0. The summed E-state index contributed by atoms with van der Waals surface area (Å²) in [6.07, 6.45) is 0. The molecular weight excluding hydrogens is 191 g/mol. The first-order valence-electron chi connectivity index (χ1n) is 3.22. The number of aryl methyl sites for hydroxylation is 1. The van der Waals surface area contributed by atoms with Gasteiger partial charge < -0.3 is 0 Å². The Kier molecular flexibility index (Phi) is 1.91. The Morgan fingerprint density at radius 2 is 1.33 bits per heavy atom. The van der Waals surface area contributed by atoms with Crippen molar-refractivity contribution in [1.82, 2.24) is 0 Å². The van der Waals surface area contributed by atoms with Crippen LogP contribution in [0.25, 0.3) is 0 Å². The summed E-state index contributed by atoms with van der Waals surface area (Å²) in [5, 5.41) is -1.15. The van der Waals surface area contributed by atoms with E-state index in [0.717, 1.165) is 12.1 Å². The molecule has 0 aromatic heterocycles. The normalized spacial score (nSPS) is 15.2. The van der Waals surface area contributed by atoms with Crippen LogP contribution in [0, 0.1) is 6.92 Å². The first-order valence-corrected chi connectivity index (χ1v) is 5.02. The zero-order valence-corrected chi connectivity index (χ0v) is 7.16. The van der Waals surface area contributed by atoms with Crippen molar-refractivity contribution in [2.24, 2.45) is 0 Å². The fourth-order valence-electron chi connectivity index (χ4n) is 0.770. The second kappa shape index (κ2) is 2.43. The third-order valence-corrected chi connectivity index (χ3v) is 2.50. The Hall–Kier alpha value is -0.630. The van der Waals surface area contributed by atoms with Crippen molar-refractivity contribution in [3.05, 3.63) is 29.8 Å². The van der Waals surface area contributed by atoms with Crippen LogP contribution >= 0.6 is 7.85 Å². The molecule has 0 fully saturated rings. The molecule has 0 aliphatic rings. The molecule has 0 N–H and O–H groups in total. The molecule has 0 heterocycles. The fourth-order valence-corrected chi connectivity index (χ4v) is 1.37. The standard InChI is InChI=1S/C7H7F4P/c1-6-2-4-7(5-3-6)12(8,9,10)11/h2-5H,1H3. The predicted molar refractivity (Wildman–Crippen MR) is 42.2 cm³/mol.